The van der Waals surface area contributed by atoms with Crippen molar-refractivity contribution >= 4 is 5.69 Å². The van der Waals surface area contributed by atoms with Crippen molar-refractivity contribution in [1.82, 2.24) is 5.32 Å². The van der Waals surface area contributed by atoms with Gasteiger partial charge in [0, 0.05) is 31.4 Å². The third-order valence-electron chi connectivity index (χ3n) is 4.10. The van der Waals surface area contributed by atoms with Crippen LogP contribution in [-0.2, 0) is 6.54 Å². The summed E-state index contributed by atoms with van der Waals surface area (Å²) in [5, 5.41) is 3.48. The summed E-state index contributed by atoms with van der Waals surface area (Å²) in [5.41, 5.74) is 3.20. The summed E-state index contributed by atoms with van der Waals surface area (Å²) < 4.78 is 0. The zero-order valence-electron chi connectivity index (χ0n) is 13.0. The predicted molar refractivity (Wildman–Crippen MR) is 83.6 cm³/mol. The van der Waals surface area contributed by atoms with E-state index in [1.807, 2.05) is 0 Å². The van der Waals surface area contributed by atoms with Gasteiger partial charge in [-0.2, -0.15) is 0 Å². The lowest BCUT2D eigenvalue weighted by molar-refractivity contribution is 0.195. The van der Waals surface area contributed by atoms with Crippen molar-refractivity contribution in [1.29, 1.82) is 0 Å². The molecule has 1 heterocycles. The molecule has 1 aromatic carbocycles. The summed E-state index contributed by atoms with van der Waals surface area (Å²) in [6.45, 7) is 14.8. The molecule has 0 aromatic heterocycles. The highest BCUT2D eigenvalue weighted by Crippen LogP contribution is 2.36. The van der Waals surface area contributed by atoms with E-state index in [0.29, 0.717) is 11.5 Å². The highest BCUT2D eigenvalue weighted by molar-refractivity contribution is 5.51. The van der Waals surface area contributed by atoms with E-state index in [2.05, 4.69) is 69.1 Å². The Hall–Kier alpha value is -1.02. The third kappa shape index (κ3) is 3.73. The van der Waals surface area contributed by atoms with E-state index in [9.17, 15) is 0 Å². The Labute approximate surface area is 118 Å². The van der Waals surface area contributed by atoms with Gasteiger partial charge in [0.1, 0.15) is 0 Å². The maximum absolute atomic E-state index is 3.48. The molecule has 0 radical (unpaired) electrons. The molecule has 1 aliphatic rings. The quantitative estimate of drug-likeness (QED) is 0.888. The van der Waals surface area contributed by atoms with Gasteiger partial charge < -0.3 is 10.2 Å². The molecule has 2 rings (SSSR count). The summed E-state index contributed by atoms with van der Waals surface area (Å²) in [5.74, 6) is 0.824. The van der Waals surface area contributed by atoms with E-state index >= 15 is 0 Å². The van der Waals surface area contributed by atoms with Gasteiger partial charge in [0.15, 0.2) is 0 Å². The van der Waals surface area contributed by atoms with Crippen LogP contribution < -0.4 is 10.2 Å². The Morgan fingerprint density at radius 2 is 1.95 bits per heavy atom. The van der Waals surface area contributed by atoms with Crippen molar-refractivity contribution in [3.63, 3.8) is 0 Å². The van der Waals surface area contributed by atoms with E-state index in [4.69, 9.17) is 0 Å². The molecule has 0 spiro atoms. The number of anilines is 1. The third-order valence-corrected chi connectivity index (χ3v) is 4.10. The molecule has 1 N–H and O–H groups in total. The van der Waals surface area contributed by atoms with Crippen LogP contribution in [0.15, 0.2) is 24.3 Å². The summed E-state index contributed by atoms with van der Waals surface area (Å²) in [7, 11) is 0. The van der Waals surface area contributed by atoms with Crippen LogP contribution in [0.1, 0.15) is 40.2 Å². The fraction of sp³-hybridized carbons (Fsp3) is 0.647. The number of hydrogen-bond donors (Lipinski definition) is 1. The Morgan fingerprint density at radius 1 is 1.26 bits per heavy atom. The molecule has 106 valence electrons. The molecule has 2 nitrogen and oxygen atoms in total. The lowest BCUT2D eigenvalue weighted by Crippen LogP contribution is -2.52. The summed E-state index contributed by atoms with van der Waals surface area (Å²) in [6.07, 6.45) is 0. The second kappa shape index (κ2) is 5.54. The Balaban J connectivity index is 1.94. The Morgan fingerprint density at radius 3 is 2.53 bits per heavy atom. The predicted octanol–water partition coefficient (Wildman–Crippen LogP) is 3.67. The monoisotopic (exact) mass is 260 g/mol. The number of hydrogen-bond acceptors (Lipinski definition) is 2. The number of nitrogens with one attached hydrogen (secondary N) is 1. The smallest absolute Gasteiger partial charge is 0.0369 e. The van der Waals surface area contributed by atoms with Crippen LogP contribution in [0.25, 0.3) is 0 Å². The van der Waals surface area contributed by atoms with Crippen molar-refractivity contribution in [2.24, 2.45) is 11.3 Å². The van der Waals surface area contributed by atoms with E-state index in [1.165, 1.54) is 24.3 Å². The molecule has 1 fully saturated rings. The second-order valence-corrected chi connectivity index (χ2v) is 7.17. The minimum absolute atomic E-state index is 0.438. The first-order valence-corrected chi connectivity index (χ1v) is 7.43. The molecule has 0 aliphatic carbocycles. The molecular formula is C17H28N2. The van der Waals surface area contributed by atoms with Crippen molar-refractivity contribution in [2.75, 3.05) is 18.0 Å². The van der Waals surface area contributed by atoms with Gasteiger partial charge in [-0.3, -0.25) is 0 Å². The highest BCUT2D eigenvalue weighted by Gasteiger charge is 2.35. The first kappa shape index (κ1) is 14.4. The average Bonchev–Trinajstić information content (AvgIpc) is 2.23. The molecular weight excluding hydrogens is 232 g/mol. The summed E-state index contributed by atoms with van der Waals surface area (Å²) in [4.78, 5) is 2.49. The number of nitrogens with zero attached hydrogens (tertiary/aromatic N) is 1. The van der Waals surface area contributed by atoms with Crippen LogP contribution in [0.2, 0.25) is 0 Å². The lowest BCUT2D eigenvalue weighted by atomic mass is 9.76. The average molecular weight is 260 g/mol. The number of rotatable bonds is 4. The van der Waals surface area contributed by atoms with Gasteiger partial charge in [0.05, 0.1) is 0 Å². The van der Waals surface area contributed by atoms with Crippen LogP contribution in [-0.4, -0.2) is 19.1 Å². The number of benzene rings is 1. The molecule has 0 amide bonds. The van der Waals surface area contributed by atoms with Crippen molar-refractivity contribution < 1.29 is 0 Å². The van der Waals surface area contributed by atoms with Gasteiger partial charge in [-0.25, -0.2) is 0 Å². The maximum atomic E-state index is 3.48. The van der Waals surface area contributed by atoms with Gasteiger partial charge in [-0.05, 0) is 29.0 Å². The highest BCUT2D eigenvalue weighted by atomic mass is 15.2. The molecule has 0 unspecified atom stereocenters. The van der Waals surface area contributed by atoms with E-state index in [0.717, 1.165) is 12.5 Å². The van der Waals surface area contributed by atoms with E-state index in [-0.39, 0.29) is 0 Å². The minimum Gasteiger partial charge on any atom is -0.371 e. The zero-order chi connectivity index (χ0) is 14.0. The van der Waals surface area contributed by atoms with E-state index < -0.39 is 0 Å². The molecule has 1 saturated heterocycles. The lowest BCUT2D eigenvalue weighted by Gasteiger charge is -2.47. The molecule has 1 aliphatic heterocycles. The Kier molecular flexibility index (Phi) is 4.19. The van der Waals surface area contributed by atoms with Crippen LogP contribution in [0.4, 0.5) is 5.69 Å². The summed E-state index contributed by atoms with van der Waals surface area (Å²) in [6, 6.07) is 9.49. The van der Waals surface area contributed by atoms with Gasteiger partial charge in [0.25, 0.3) is 0 Å². The largest absolute Gasteiger partial charge is 0.371 e. The first-order valence-electron chi connectivity index (χ1n) is 7.43. The van der Waals surface area contributed by atoms with Gasteiger partial charge in [-0.15, -0.1) is 0 Å². The fourth-order valence-electron chi connectivity index (χ4n) is 2.42. The second-order valence-electron chi connectivity index (χ2n) is 7.17. The minimum atomic E-state index is 0.438. The van der Waals surface area contributed by atoms with Gasteiger partial charge in [-0.1, -0.05) is 46.8 Å². The van der Waals surface area contributed by atoms with E-state index in [1.54, 1.807) is 0 Å². The first-order chi connectivity index (χ1) is 8.86. The van der Waals surface area contributed by atoms with Crippen LogP contribution in [0.5, 0.6) is 0 Å². The van der Waals surface area contributed by atoms with Crippen molar-refractivity contribution in [3.8, 4) is 0 Å². The van der Waals surface area contributed by atoms with Crippen molar-refractivity contribution in [3.05, 3.63) is 29.8 Å². The fourth-order valence-corrected chi connectivity index (χ4v) is 2.42. The van der Waals surface area contributed by atoms with Gasteiger partial charge >= 0.3 is 0 Å². The van der Waals surface area contributed by atoms with Gasteiger partial charge in [0.2, 0.25) is 0 Å². The molecule has 19 heavy (non-hydrogen) atoms. The van der Waals surface area contributed by atoms with Crippen LogP contribution in [0.3, 0.4) is 0 Å². The molecule has 0 bridgehead atoms. The zero-order valence-corrected chi connectivity index (χ0v) is 13.0. The van der Waals surface area contributed by atoms with Crippen LogP contribution >= 0.6 is 0 Å². The standard InChI is InChI=1S/C17H28N2/c1-13(2)18-10-14-7-6-8-16(9-14)19-11-15(12-19)17(3,4)5/h6-9,13,15,18H,10-12H2,1-5H3. The van der Waals surface area contributed by atoms with Crippen molar-refractivity contribution in [2.45, 2.75) is 47.2 Å². The molecule has 1 aromatic rings. The molecule has 0 atom stereocenters. The maximum Gasteiger partial charge on any atom is 0.0369 e. The normalized spacial score (nSPS) is 16.8. The molecule has 0 saturated carbocycles. The summed E-state index contributed by atoms with van der Waals surface area (Å²) >= 11 is 0. The Bertz CT molecular complexity index is 412. The SMILES string of the molecule is CC(C)NCc1cccc(N2CC(C(C)(C)C)C2)c1. The topological polar surface area (TPSA) is 15.3 Å². The van der Waals surface area contributed by atoms with Crippen LogP contribution in [0, 0.1) is 11.3 Å². The molecule has 2 heteroatoms.